The third kappa shape index (κ3) is 5.58. The molecule has 0 amide bonds. The van der Waals surface area contributed by atoms with Crippen LogP contribution in [0.4, 0.5) is 0 Å². The van der Waals surface area contributed by atoms with E-state index >= 15 is 0 Å². The molecule has 0 saturated carbocycles. The number of hydrogen-bond acceptors (Lipinski definition) is 3. The van der Waals surface area contributed by atoms with Crippen LogP contribution in [0, 0.1) is 5.41 Å². The lowest BCUT2D eigenvalue weighted by Gasteiger charge is -2.25. The Hall–Kier alpha value is -0.330. The zero-order chi connectivity index (χ0) is 15.6. The molecule has 2 N–H and O–H groups in total. The van der Waals surface area contributed by atoms with Gasteiger partial charge in [0.2, 0.25) is 10.0 Å². The van der Waals surface area contributed by atoms with Crippen LogP contribution in [0.15, 0.2) is 18.2 Å². The van der Waals surface area contributed by atoms with Crippen molar-refractivity contribution in [2.24, 2.45) is 5.41 Å². The summed E-state index contributed by atoms with van der Waals surface area (Å²) in [5.74, 6) is -0.208. The van der Waals surface area contributed by atoms with Crippen molar-refractivity contribution in [2.75, 3.05) is 6.54 Å². The van der Waals surface area contributed by atoms with Crippen molar-refractivity contribution in [3.8, 4) is 0 Å². The van der Waals surface area contributed by atoms with E-state index in [0.717, 1.165) is 0 Å². The summed E-state index contributed by atoms with van der Waals surface area (Å²) in [6.07, 6.45) is -0.758. The number of benzene rings is 1. The number of rotatable bonds is 5. The van der Waals surface area contributed by atoms with E-state index in [-0.39, 0.29) is 17.7 Å². The summed E-state index contributed by atoms with van der Waals surface area (Å²) < 4.78 is 26.3. The maximum absolute atomic E-state index is 11.9. The fourth-order valence-corrected chi connectivity index (χ4v) is 2.86. The lowest BCUT2D eigenvalue weighted by molar-refractivity contribution is 0.0677. The monoisotopic (exact) mass is 339 g/mol. The van der Waals surface area contributed by atoms with E-state index in [1.165, 1.54) is 6.07 Å². The molecular formula is C13H19Cl2NO3S. The standard InChI is InChI=1S/C13H19Cl2NO3S/c1-13(2,3)12(17)7-16-20(18,19)8-9-4-5-10(14)11(15)6-9/h4-6,12,16-17H,7-8H2,1-3H3. The maximum atomic E-state index is 11.9. The van der Waals surface area contributed by atoms with Crippen molar-refractivity contribution in [1.29, 1.82) is 0 Å². The Kier molecular flexibility index (Phi) is 5.87. The second-order valence-electron chi connectivity index (χ2n) is 5.74. The van der Waals surface area contributed by atoms with Crippen LogP contribution in [-0.2, 0) is 15.8 Å². The highest BCUT2D eigenvalue weighted by Crippen LogP contribution is 2.23. The van der Waals surface area contributed by atoms with Gasteiger partial charge in [0, 0.05) is 6.54 Å². The van der Waals surface area contributed by atoms with Crippen LogP contribution in [0.3, 0.4) is 0 Å². The minimum atomic E-state index is -3.53. The van der Waals surface area contributed by atoms with Crippen LogP contribution in [0.2, 0.25) is 10.0 Å². The Balaban J connectivity index is 2.68. The normalized spacial score (nSPS) is 14.3. The van der Waals surface area contributed by atoms with Gasteiger partial charge >= 0.3 is 0 Å². The predicted molar refractivity (Wildman–Crippen MR) is 82.6 cm³/mol. The van der Waals surface area contributed by atoms with Crippen LogP contribution < -0.4 is 4.72 Å². The zero-order valence-corrected chi connectivity index (χ0v) is 14.0. The molecule has 0 bridgehead atoms. The summed E-state index contributed by atoms with van der Waals surface area (Å²) in [6.45, 7) is 5.49. The van der Waals surface area contributed by atoms with Gasteiger partial charge in [-0.1, -0.05) is 50.0 Å². The minimum Gasteiger partial charge on any atom is -0.391 e. The van der Waals surface area contributed by atoms with E-state index in [1.54, 1.807) is 12.1 Å². The molecular weight excluding hydrogens is 321 g/mol. The van der Waals surface area contributed by atoms with Gasteiger partial charge in [0.1, 0.15) is 0 Å². The molecule has 0 aliphatic heterocycles. The number of halogens is 2. The first kappa shape index (κ1) is 17.7. The van der Waals surface area contributed by atoms with Gasteiger partial charge in [-0.05, 0) is 23.1 Å². The largest absolute Gasteiger partial charge is 0.391 e. The van der Waals surface area contributed by atoms with Crippen molar-refractivity contribution >= 4 is 33.2 Å². The summed E-state index contributed by atoms with van der Waals surface area (Å²) in [6, 6.07) is 4.68. The Morgan fingerprint density at radius 2 is 1.85 bits per heavy atom. The average Bonchev–Trinajstić information content (AvgIpc) is 2.29. The second-order valence-corrected chi connectivity index (χ2v) is 8.36. The Labute approximate surface area is 130 Å². The van der Waals surface area contributed by atoms with Crippen LogP contribution >= 0.6 is 23.2 Å². The molecule has 0 aromatic heterocycles. The fraction of sp³-hybridized carbons (Fsp3) is 0.538. The van der Waals surface area contributed by atoms with Crippen molar-refractivity contribution in [3.05, 3.63) is 33.8 Å². The summed E-state index contributed by atoms with van der Waals surface area (Å²) >= 11 is 11.6. The molecule has 0 saturated heterocycles. The molecule has 0 heterocycles. The van der Waals surface area contributed by atoms with Gasteiger partial charge in [-0.15, -0.1) is 0 Å². The molecule has 0 radical (unpaired) electrons. The lowest BCUT2D eigenvalue weighted by Crippen LogP contribution is -2.39. The molecule has 0 spiro atoms. The van der Waals surface area contributed by atoms with Gasteiger partial charge in [-0.2, -0.15) is 0 Å². The molecule has 7 heteroatoms. The summed E-state index contributed by atoms with van der Waals surface area (Å²) in [4.78, 5) is 0. The zero-order valence-electron chi connectivity index (χ0n) is 11.7. The quantitative estimate of drug-likeness (QED) is 0.866. The first-order valence-electron chi connectivity index (χ1n) is 6.10. The van der Waals surface area contributed by atoms with Crippen LogP contribution in [0.1, 0.15) is 26.3 Å². The number of aliphatic hydroxyl groups excluding tert-OH is 1. The van der Waals surface area contributed by atoms with E-state index < -0.39 is 16.1 Å². The Morgan fingerprint density at radius 3 is 2.35 bits per heavy atom. The van der Waals surface area contributed by atoms with Gasteiger partial charge in [0.05, 0.1) is 21.9 Å². The number of hydrogen-bond donors (Lipinski definition) is 2. The number of nitrogens with one attached hydrogen (secondary N) is 1. The molecule has 0 aliphatic carbocycles. The first-order valence-corrected chi connectivity index (χ1v) is 8.51. The lowest BCUT2D eigenvalue weighted by atomic mass is 9.89. The minimum absolute atomic E-state index is 0.0207. The van der Waals surface area contributed by atoms with Crippen LogP contribution in [0.5, 0.6) is 0 Å². The van der Waals surface area contributed by atoms with Gasteiger partial charge in [0.25, 0.3) is 0 Å². The Bertz CT molecular complexity index is 567. The SMILES string of the molecule is CC(C)(C)C(O)CNS(=O)(=O)Cc1ccc(Cl)c(Cl)c1. The van der Waals surface area contributed by atoms with Crippen molar-refractivity contribution in [1.82, 2.24) is 4.72 Å². The smallest absolute Gasteiger partial charge is 0.215 e. The maximum Gasteiger partial charge on any atom is 0.215 e. The van der Waals surface area contributed by atoms with Crippen molar-refractivity contribution < 1.29 is 13.5 Å². The van der Waals surface area contributed by atoms with Crippen molar-refractivity contribution in [3.63, 3.8) is 0 Å². The van der Waals surface area contributed by atoms with Gasteiger partial charge in [-0.3, -0.25) is 0 Å². The average molecular weight is 340 g/mol. The van der Waals surface area contributed by atoms with E-state index in [0.29, 0.717) is 15.6 Å². The summed E-state index contributed by atoms with van der Waals surface area (Å²) in [5.41, 5.74) is 0.156. The molecule has 1 aromatic rings. The predicted octanol–water partition coefficient (Wildman–Crippen LogP) is 2.82. The third-order valence-electron chi connectivity index (χ3n) is 2.84. The van der Waals surface area contributed by atoms with Gasteiger partial charge < -0.3 is 5.11 Å². The topological polar surface area (TPSA) is 66.4 Å². The highest BCUT2D eigenvalue weighted by atomic mass is 35.5. The van der Waals surface area contributed by atoms with E-state index in [2.05, 4.69) is 4.72 Å². The molecule has 114 valence electrons. The molecule has 1 rings (SSSR count). The van der Waals surface area contributed by atoms with Gasteiger partial charge in [-0.25, -0.2) is 13.1 Å². The number of sulfonamides is 1. The number of aliphatic hydroxyl groups is 1. The molecule has 20 heavy (non-hydrogen) atoms. The molecule has 4 nitrogen and oxygen atoms in total. The molecule has 1 atom stereocenters. The van der Waals surface area contributed by atoms with Crippen molar-refractivity contribution in [2.45, 2.75) is 32.6 Å². The highest BCUT2D eigenvalue weighted by Gasteiger charge is 2.24. The van der Waals surface area contributed by atoms with E-state index in [1.807, 2.05) is 20.8 Å². The highest BCUT2D eigenvalue weighted by molar-refractivity contribution is 7.88. The third-order valence-corrected chi connectivity index (χ3v) is 4.90. The van der Waals surface area contributed by atoms with Crippen LogP contribution in [-0.4, -0.2) is 26.2 Å². The molecule has 0 fully saturated rings. The second kappa shape index (κ2) is 6.62. The first-order chi connectivity index (χ1) is 9.01. The van der Waals surface area contributed by atoms with Gasteiger partial charge in [0.15, 0.2) is 0 Å². The van der Waals surface area contributed by atoms with Crippen LogP contribution in [0.25, 0.3) is 0 Å². The summed E-state index contributed by atoms with van der Waals surface area (Å²) in [5, 5.41) is 10.5. The molecule has 0 aliphatic rings. The summed E-state index contributed by atoms with van der Waals surface area (Å²) in [7, 11) is -3.53. The molecule has 1 unspecified atom stereocenters. The van der Waals surface area contributed by atoms with E-state index in [9.17, 15) is 13.5 Å². The fourth-order valence-electron chi connectivity index (χ4n) is 1.41. The Morgan fingerprint density at radius 1 is 1.25 bits per heavy atom. The van der Waals surface area contributed by atoms with E-state index in [4.69, 9.17) is 23.2 Å². The molecule has 1 aromatic carbocycles.